The van der Waals surface area contributed by atoms with Crippen molar-refractivity contribution in [2.45, 2.75) is 32.4 Å². The Balaban J connectivity index is 1.43. The highest BCUT2D eigenvalue weighted by Gasteiger charge is 2.23. The van der Waals surface area contributed by atoms with Crippen LogP contribution >= 0.6 is 0 Å². The third-order valence-electron chi connectivity index (χ3n) is 7.09. The van der Waals surface area contributed by atoms with Crippen LogP contribution in [0.3, 0.4) is 0 Å². The lowest BCUT2D eigenvalue weighted by Gasteiger charge is -2.30. The summed E-state index contributed by atoms with van der Waals surface area (Å²) < 4.78 is 4.40. The molecular weight excluding hydrogens is 434 g/mol. The number of aryl methyl sites for hydroxylation is 1. The first-order valence-corrected chi connectivity index (χ1v) is 12.2. The number of piperidine rings is 1. The Bertz CT molecular complexity index is 1530. The molecule has 2 N–H and O–H groups in total. The van der Waals surface area contributed by atoms with Gasteiger partial charge in [-0.3, -0.25) is 4.79 Å². The molecule has 2 aromatic carbocycles. The maximum Gasteiger partial charge on any atom is 0.254 e. The number of hydrogen-bond donors (Lipinski definition) is 1. The van der Waals surface area contributed by atoms with Crippen LogP contribution in [-0.4, -0.2) is 43.9 Å². The summed E-state index contributed by atoms with van der Waals surface area (Å²) in [4.78, 5) is 20.1. The predicted octanol–water partition coefficient (Wildman–Crippen LogP) is 4.88. The first kappa shape index (κ1) is 21.6. The van der Waals surface area contributed by atoms with E-state index in [0.717, 1.165) is 48.7 Å². The zero-order valence-electron chi connectivity index (χ0n) is 19.9. The Morgan fingerprint density at radius 1 is 1.06 bits per heavy atom. The van der Waals surface area contributed by atoms with E-state index >= 15 is 0 Å². The average Bonchev–Trinajstić information content (AvgIpc) is 3.41. The topological polar surface area (TPSA) is 68.6 Å². The van der Waals surface area contributed by atoms with Crippen molar-refractivity contribution in [2.24, 2.45) is 5.73 Å². The minimum absolute atomic E-state index is 0.0306. The number of nitrogens with zero attached hydrogens (tertiary/aromatic N) is 4. The molecule has 176 valence electrons. The van der Waals surface area contributed by atoms with Gasteiger partial charge in [0.1, 0.15) is 11.3 Å². The maximum absolute atomic E-state index is 13.2. The van der Waals surface area contributed by atoms with Gasteiger partial charge in [-0.2, -0.15) is 0 Å². The van der Waals surface area contributed by atoms with Crippen molar-refractivity contribution in [3.8, 4) is 11.4 Å². The largest absolute Gasteiger partial charge is 0.337 e. The molecule has 0 aliphatic carbocycles. The van der Waals surface area contributed by atoms with Gasteiger partial charge in [-0.25, -0.2) is 4.98 Å². The minimum atomic E-state index is 0.0306. The quantitative estimate of drug-likeness (QED) is 0.413. The smallest absolute Gasteiger partial charge is 0.254 e. The second kappa shape index (κ2) is 8.71. The molecule has 0 bridgehead atoms. The van der Waals surface area contributed by atoms with Crippen LogP contribution in [0.1, 0.15) is 34.5 Å². The fourth-order valence-corrected chi connectivity index (χ4v) is 5.26. The monoisotopic (exact) mass is 463 g/mol. The van der Waals surface area contributed by atoms with Gasteiger partial charge in [0, 0.05) is 54.0 Å². The molecule has 1 unspecified atom stereocenters. The summed E-state index contributed by atoms with van der Waals surface area (Å²) in [6.45, 7) is 4.22. The van der Waals surface area contributed by atoms with Crippen LogP contribution in [0.2, 0.25) is 0 Å². The van der Waals surface area contributed by atoms with Crippen LogP contribution in [0.15, 0.2) is 79.0 Å². The number of hydrogen-bond acceptors (Lipinski definition) is 3. The fraction of sp³-hybridized carbons (Fsp3) is 0.241. The molecule has 6 nitrogen and oxygen atoms in total. The van der Waals surface area contributed by atoms with E-state index in [1.165, 1.54) is 16.5 Å². The Labute approximate surface area is 204 Å². The molecule has 6 rings (SSSR count). The number of para-hydroxylation sites is 1. The van der Waals surface area contributed by atoms with E-state index in [1.807, 2.05) is 29.3 Å². The van der Waals surface area contributed by atoms with Gasteiger partial charge in [0.2, 0.25) is 0 Å². The van der Waals surface area contributed by atoms with Gasteiger partial charge in [0.15, 0.2) is 0 Å². The Hall–Kier alpha value is -3.90. The van der Waals surface area contributed by atoms with Crippen LogP contribution in [0.5, 0.6) is 0 Å². The normalized spacial score (nSPS) is 16.3. The van der Waals surface area contributed by atoms with Crippen molar-refractivity contribution in [1.29, 1.82) is 0 Å². The van der Waals surface area contributed by atoms with Crippen LogP contribution < -0.4 is 5.73 Å². The number of carbonyl (C=O) groups excluding carboxylic acids is 1. The van der Waals surface area contributed by atoms with E-state index in [2.05, 4.69) is 70.5 Å². The lowest BCUT2D eigenvalue weighted by atomic mass is 10.1. The van der Waals surface area contributed by atoms with E-state index in [0.29, 0.717) is 12.1 Å². The standard InChI is InChI=1S/C29H29N5O/c1-20-28(26-16-22-10-5-6-12-25(22)34(26)18-21-8-3-2-4-9-21)31-27-17-23(13-15-33(20)27)29(35)32-14-7-11-24(30)19-32/h2-6,8-10,12-13,15-17,24H,7,11,14,18-19,30H2,1H3. The average molecular weight is 464 g/mol. The molecule has 1 aliphatic rings. The van der Waals surface area contributed by atoms with Crippen molar-refractivity contribution in [3.05, 3.63) is 95.8 Å². The van der Waals surface area contributed by atoms with E-state index < -0.39 is 0 Å². The van der Waals surface area contributed by atoms with Crippen LogP contribution in [-0.2, 0) is 6.54 Å². The molecule has 1 atom stereocenters. The fourth-order valence-electron chi connectivity index (χ4n) is 5.26. The third kappa shape index (κ3) is 3.90. The number of imidazole rings is 1. The highest BCUT2D eigenvalue weighted by molar-refractivity contribution is 5.95. The second-order valence-corrected chi connectivity index (χ2v) is 9.50. The molecule has 0 saturated carbocycles. The van der Waals surface area contributed by atoms with Gasteiger partial charge >= 0.3 is 0 Å². The van der Waals surface area contributed by atoms with E-state index in [-0.39, 0.29) is 11.9 Å². The number of nitrogens with two attached hydrogens (primary N) is 1. The van der Waals surface area contributed by atoms with Gasteiger partial charge in [-0.15, -0.1) is 0 Å². The van der Waals surface area contributed by atoms with E-state index in [1.54, 1.807) is 0 Å². The number of fused-ring (bicyclic) bond motifs is 2. The van der Waals surface area contributed by atoms with Gasteiger partial charge in [-0.05, 0) is 49.6 Å². The van der Waals surface area contributed by atoms with Gasteiger partial charge in [0.25, 0.3) is 5.91 Å². The first-order valence-electron chi connectivity index (χ1n) is 12.2. The first-order chi connectivity index (χ1) is 17.1. The third-order valence-corrected chi connectivity index (χ3v) is 7.09. The molecule has 4 heterocycles. The maximum atomic E-state index is 13.2. The summed E-state index contributed by atoms with van der Waals surface area (Å²) in [5.41, 5.74) is 13.0. The number of aromatic nitrogens is 3. The van der Waals surface area contributed by atoms with Crippen LogP contribution in [0.25, 0.3) is 27.9 Å². The van der Waals surface area contributed by atoms with Crippen LogP contribution in [0.4, 0.5) is 0 Å². The van der Waals surface area contributed by atoms with Crippen molar-refractivity contribution in [2.75, 3.05) is 13.1 Å². The molecular formula is C29H29N5O. The number of carbonyl (C=O) groups is 1. The molecule has 35 heavy (non-hydrogen) atoms. The lowest BCUT2D eigenvalue weighted by molar-refractivity contribution is 0.0709. The summed E-state index contributed by atoms with van der Waals surface area (Å²) in [7, 11) is 0. The summed E-state index contributed by atoms with van der Waals surface area (Å²) in [5, 5.41) is 1.19. The summed E-state index contributed by atoms with van der Waals surface area (Å²) in [6, 6.07) is 25.0. The molecule has 0 radical (unpaired) electrons. The second-order valence-electron chi connectivity index (χ2n) is 9.50. The van der Waals surface area contributed by atoms with Crippen molar-refractivity contribution >= 4 is 22.5 Å². The zero-order chi connectivity index (χ0) is 23.9. The van der Waals surface area contributed by atoms with Gasteiger partial charge < -0.3 is 19.6 Å². The summed E-state index contributed by atoms with van der Waals surface area (Å²) in [5.74, 6) is 0.0306. The molecule has 1 aliphatic heterocycles. The van der Waals surface area contributed by atoms with E-state index in [4.69, 9.17) is 10.7 Å². The zero-order valence-corrected chi connectivity index (χ0v) is 19.9. The highest BCUT2D eigenvalue weighted by atomic mass is 16.2. The number of likely N-dealkylation sites (tertiary alicyclic amines) is 1. The SMILES string of the molecule is Cc1c(-c2cc3ccccc3n2Cc2ccccc2)nc2cc(C(=O)N3CCCC(N)C3)ccn12. The van der Waals surface area contributed by atoms with Crippen molar-refractivity contribution in [3.63, 3.8) is 0 Å². The molecule has 0 spiro atoms. The van der Waals surface area contributed by atoms with Gasteiger partial charge in [0.05, 0.1) is 5.69 Å². The minimum Gasteiger partial charge on any atom is -0.337 e. The molecule has 1 saturated heterocycles. The number of amides is 1. The Kier molecular flexibility index (Phi) is 5.38. The summed E-state index contributed by atoms with van der Waals surface area (Å²) in [6.07, 6.45) is 3.89. The molecule has 3 aromatic heterocycles. The van der Waals surface area contributed by atoms with Crippen LogP contribution in [0, 0.1) is 6.92 Å². The Morgan fingerprint density at radius 2 is 1.86 bits per heavy atom. The van der Waals surface area contributed by atoms with Crippen molar-refractivity contribution in [1.82, 2.24) is 18.9 Å². The predicted molar refractivity (Wildman–Crippen MR) is 140 cm³/mol. The summed E-state index contributed by atoms with van der Waals surface area (Å²) >= 11 is 0. The Morgan fingerprint density at radius 3 is 2.69 bits per heavy atom. The van der Waals surface area contributed by atoms with Gasteiger partial charge in [-0.1, -0.05) is 48.5 Å². The number of pyridine rings is 1. The number of benzene rings is 2. The number of rotatable bonds is 4. The molecule has 1 fully saturated rings. The molecule has 5 aromatic rings. The van der Waals surface area contributed by atoms with Crippen molar-refractivity contribution < 1.29 is 4.79 Å². The highest BCUT2D eigenvalue weighted by Crippen LogP contribution is 2.31. The molecule has 1 amide bonds. The lowest BCUT2D eigenvalue weighted by Crippen LogP contribution is -2.45. The van der Waals surface area contributed by atoms with E-state index in [9.17, 15) is 4.79 Å². The molecule has 6 heteroatoms.